The van der Waals surface area contributed by atoms with Gasteiger partial charge in [-0.2, -0.15) is 0 Å². The molecule has 0 aromatic carbocycles. The average molecular weight is 502 g/mol. The molecule has 7 heteroatoms. The lowest BCUT2D eigenvalue weighted by atomic mass is 9.94. The van der Waals surface area contributed by atoms with Crippen molar-refractivity contribution in [1.29, 1.82) is 0 Å². The number of nitrogens with zero attached hydrogens (tertiary/aromatic N) is 1. The highest BCUT2D eigenvalue weighted by Gasteiger charge is 2.27. The lowest BCUT2D eigenvalue weighted by Gasteiger charge is -2.29. The molecule has 196 valence electrons. The molecule has 2 unspecified atom stereocenters. The van der Waals surface area contributed by atoms with Crippen LogP contribution in [0.15, 0.2) is 0 Å². The van der Waals surface area contributed by atoms with E-state index in [1.165, 1.54) is 0 Å². The summed E-state index contributed by atoms with van der Waals surface area (Å²) in [5.41, 5.74) is 0. The molecule has 0 saturated carbocycles. The molecular weight excluding hydrogens is 446 g/mol. The molecule has 0 aliphatic carbocycles. The van der Waals surface area contributed by atoms with E-state index in [1.54, 1.807) is 0 Å². The Bertz CT molecular complexity index is 508. The minimum Gasteiger partial charge on any atom is -0.418 e. The maximum atomic E-state index is 12.9. The third kappa shape index (κ3) is 14.6. The van der Waals surface area contributed by atoms with E-state index in [-0.39, 0.29) is 11.8 Å². The van der Waals surface area contributed by atoms with Gasteiger partial charge in [0.15, 0.2) is 16.6 Å². The van der Waals surface area contributed by atoms with Gasteiger partial charge in [0.05, 0.1) is 0 Å². The van der Waals surface area contributed by atoms with Crippen LogP contribution in [-0.2, 0) is 18.4 Å². The monoisotopic (exact) mass is 501 g/mol. The largest absolute Gasteiger partial charge is 0.418 e. The molecule has 0 fully saturated rings. The van der Waals surface area contributed by atoms with Crippen molar-refractivity contribution in [2.24, 2.45) is 11.8 Å². The Morgan fingerprint density at radius 3 is 1.33 bits per heavy atom. The van der Waals surface area contributed by atoms with Crippen LogP contribution in [0.25, 0.3) is 0 Å². The Morgan fingerprint density at radius 2 is 1.06 bits per heavy atom. The van der Waals surface area contributed by atoms with Crippen LogP contribution in [0.5, 0.6) is 0 Å². The second kappa shape index (κ2) is 17.1. The van der Waals surface area contributed by atoms with Crippen molar-refractivity contribution in [2.75, 3.05) is 32.8 Å². The summed E-state index contributed by atoms with van der Waals surface area (Å²) in [6.07, 6.45) is 4.88. The highest BCUT2D eigenvalue weighted by molar-refractivity contribution is 6.71. The molecule has 0 aliphatic heterocycles. The first-order valence-corrected chi connectivity index (χ1v) is 19.7. The quantitative estimate of drug-likeness (QED) is 0.167. The van der Waals surface area contributed by atoms with Gasteiger partial charge in [0.1, 0.15) is 11.6 Å². The Labute approximate surface area is 207 Å². The molecule has 0 spiro atoms. The lowest BCUT2D eigenvalue weighted by molar-refractivity contribution is -0.124. The van der Waals surface area contributed by atoms with Crippen molar-refractivity contribution < 1.29 is 18.4 Å². The number of Topliss-reactive ketones (excluding diaryl/α,β-unsaturated/α-hetero) is 2. The van der Waals surface area contributed by atoms with Gasteiger partial charge in [-0.3, -0.25) is 9.59 Å². The van der Waals surface area contributed by atoms with Crippen LogP contribution in [0.2, 0.25) is 38.3 Å². The first-order valence-electron chi connectivity index (χ1n) is 13.5. The van der Waals surface area contributed by atoms with Crippen LogP contribution < -0.4 is 0 Å². The van der Waals surface area contributed by atoms with E-state index in [9.17, 15) is 9.59 Å². The summed E-state index contributed by atoms with van der Waals surface area (Å²) in [5, 5.41) is 0. The average Bonchev–Trinajstić information content (AvgIpc) is 2.73. The molecule has 33 heavy (non-hydrogen) atoms. The van der Waals surface area contributed by atoms with Crippen LogP contribution in [0.4, 0.5) is 0 Å². The van der Waals surface area contributed by atoms with Gasteiger partial charge in [0.2, 0.25) is 0 Å². The first-order chi connectivity index (χ1) is 15.4. The van der Waals surface area contributed by atoms with Gasteiger partial charge in [-0.1, -0.05) is 20.8 Å². The Balaban J connectivity index is 4.71. The van der Waals surface area contributed by atoms with E-state index < -0.39 is 16.6 Å². The summed E-state index contributed by atoms with van der Waals surface area (Å²) in [4.78, 5) is 28.2. The summed E-state index contributed by atoms with van der Waals surface area (Å²) < 4.78 is 11.8. The van der Waals surface area contributed by atoms with Crippen LogP contribution >= 0.6 is 0 Å². The van der Waals surface area contributed by atoms with Gasteiger partial charge in [0, 0.05) is 51.0 Å². The summed E-state index contributed by atoms with van der Waals surface area (Å²) >= 11 is 0. The van der Waals surface area contributed by atoms with Gasteiger partial charge in [0.25, 0.3) is 0 Å². The van der Waals surface area contributed by atoms with Crippen molar-refractivity contribution in [3.05, 3.63) is 0 Å². The number of hydrogen-bond donors (Lipinski definition) is 0. The number of carbonyl (C=O) groups excluding carboxylic acids is 2. The zero-order chi connectivity index (χ0) is 25.5. The number of rotatable bonds is 21. The topological polar surface area (TPSA) is 55.8 Å². The molecule has 0 heterocycles. The molecule has 0 saturated heterocycles. The summed E-state index contributed by atoms with van der Waals surface area (Å²) in [7, 11) is -3.25. The molecule has 5 nitrogen and oxygen atoms in total. The molecular formula is C26H55NO4Si2. The van der Waals surface area contributed by atoms with Crippen LogP contribution in [0, 0.1) is 11.8 Å². The molecule has 0 aromatic heterocycles. The molecule has 2 atom stereocenters. The van der Waals surface area contributed by atoms with Crippen LogP contribution in [-0.4, -0.2) is 65.9 Å². The number of carbonyl (C=O) groups is 2. The maximum Gasteiger partial charge on any atom is 0.186 e. The molecule has 0 aromatic rings. The van der Waals surface area contributed by atoms with Gasteiger partial charge in [-0.25, -0.2) is 0 Å². The minimum atomic E-state index is -1.63. The van der Waals surface area contributed by atoms with E-state index in [1.807, 2.05) is 13.8 Å². The van der Waals surface area contributed by atoms with Crippen molar-refractivity contribution >= 4 is 28.2 Å². The van der Waals surface area contributed by atoms with E-state index in [0.717, 1.165) is 70.6 Å². The standard InChI is InChI=1S/C26H55NO4Si2/c1-10-23(25(28)17-15-19-32(6,7)30-13-4)21-27(12-3)22-24(11-2)26(29)18-16-20-33(8,9)31-14-5/h23-24H,10-22H2,1-9H3. The molecule has 0 amide bonds. The van der Waals surface area contributed by atoms with E-state index in [0.29, 0.717) is 24.4 Å². The van der Waals surface area contributed by atoms with Crippen LogP contribution in [0.3, 0.4) is 0 Å². The third-order valence-corrected chi connectivity index (χ3v) is 12.0. The van der Waals surface area contributed by atoms with Crippen LogP contribution in [0.1, 0.15) is 73.1 Å². The summed E-state index contributed by atoms with van der Waals surface area (Å²) in [5.74, 6) is 0.874. The molecule has 0 rings (SSSR count). The smallest absolute Gasteiger partial charge is 0.186 e. The first kappa shape index (κ1) is 32.7. The molecule has 0 N–H and O–H groups in total. The van der Waals surface area contributed by atoms with E-state index in [4.69, 9.17) is 8.85 Å². The third-order valence-electron chi connectivity index (χ3n) is 6.77. The Kier molecular flexibility index (Phi) is 17.0. The summed E-state index contributed by atoms with van der Waals surface area (Å²) in [6, 6.07) is 2.08. The Hall–Kier alpha value is -0.346. The fourth-order valence-corrected chi connectivity index (χ4v) is 8.49. The second-order valence-corrected chi connectivity index (χ2v) is 19.2. The van der Waals surface area contributed by atoms with Crippen molar-refractivity contribution in [3.63, 3.8) is 0 Å². The fourth-order valence-electron chi connectivity index (χ4n) is 4.58. The zero-order valence-electron chi connectivity index (χ0n) is 23.4. The fraction of sp³-hybridized carbons (Fsp3) is 0.923. The highest BCUT2D eigenvalue weighted by atomic mass is 28.4. The van der Waals surface area contributed by atoms with E-state index in [2.05, 4.69) is 51.9 Å². The lowest BCUT2D eigenvalue weighted by Crippen LogP contribution is -2.38. The second-order valence-electron chi connectivity index (χ2n) is 10.6. The predicted octanol–water partition coefficient (Wildman–Crippen LogP) is 6.54. The zero-order valence-corrected chi connectivity index (χ0v) is 25.4. The molecule has 0 radical (unpaired) electrons. The summed E-state index contributed by atoms with van der Waals surface area (Å²) in [6.45, 7) is 23.3. The SMILES string of the molecule is CCO[Si](C)(C)CCCC(=O)C(CC)CN(CC)CC(CC)C(=O)CCC[Si](C)(C)OCC. The molecule has 0 aliphatic rings. The van der Waals surface area contributed by atoms with Crippen molar-refractivity contribution in [3.8, 4) is 0 Å². The van der Waals surface area contributed by atoms with Crippen molar-refractivity contribution in [2.45, 2.75) is 111 Å². The number of ketones is 2. The van der Waals surface area contributed by atoms with Gasteiger partial charge in [-0.15, -0.1) is 0 Å². The predicted molar refractivity (Wildman–Crippen MR) is 146 cm³/mol. The van der Waals surface area contributed by atoms with Crippen molar-refractivity contribution in [1.82, 2.24) is 4.90 Å². The van der Waals surface area contributed by atoms with Gasteiger partial charge < -0.3 is 13.8 Å². The maximum absolute atomic E-state index is 12.9. The minimum absolute atomic E-state index is 0.0624. The van der Waals surface area contributed by atoms with Gasteiger partial charge >= 0.3 is 0 Å². The normalized spacial score (nSPS) is 14.5. The Morgan fingerprint density at radius 1 is 0.697 bits per heavy atom. The highest BCUT2D eigenvalue weighted by Crippen LogP contribution is 2.21. The number of hydrogen-bond acceptors (Lipinski definition) is 5. The van der Waals surface area contributed by atoms with Gasteiger partial charge in [-0.05, 0) is 84.4 Å². The van der Waals surface area contributed by atoms with E-state index >= 15 is 0 Å². The molecule has 0 bridgehead atoms.